The van der Waals surface area contributed by atoms with Crippen LogP contribution in [0, 0.1) is 6.92 Å². The van der Waals surface area contributed by atoms with E-state index in [0.717, 1.165) is 5.56 Å². The molecule has 0 heterocycles. The Labute approximate surface area is 112 Å². The van der Waals surface area contributed by atoms with Gasteiger partial charge in [-0.15, -0.1) is 11.8 Å². The van der Waals surface area contributed by atoms with Gasteiger partial charge in [-0.3, -0.25) is 4.79 Å². The van der Waals surface area contributed by atoms with Crippen LogP contribution in [0.15, 0.2) is 59.5 Å². The molecule has 18 heavy (non-hydrogen) atoms. The van der Waals surface area contributed by atoms with E-state index in [1.807, 2.05) is 49.4 Å². The summed E-state index contributed by atoms with van der Waals surface area (Å²) in [6.07, 6.45) is 0. The highest BCUT2D eigenvalue weighted by molar-refractivity contribution is 8.00. The van der Waals surface area contributed by atoms with Crippen LogP contribution in [-0.4, -0.2) is 11.0 Å². The molecule has 2 rings (SSSR count). The van der Waals surface area contributed by atoms with Crippen molar-refractivity contribution in [1.29, 1.82) is 0 Å². The molecule has 0 aromatic heterocycles. The lowest BCUT2D eigenvalue weighted by molar-refractivity contribution is 0.0994. The molecule has 0 amide bonds. The van der Waals surface area contributed by atoms with Crippen LogP contribution in [-0.2, 0) is 0 Å². The average molecular weight is 256 g/mol. The number of Topliss-reactive ketones (excluding diaryl/α,β-unsaturated/α-hetero) is 1. The molecular formula is C16H16OS. The molecule has 2 heteroatoms. The molecule has 0 saturated carbocycles. The topological polar surface area (TPSA) is 17.1 Å². The number of hydrogen-bond acceptors (Lipinski definition) is 2. The number of aryl methyl sites for hydroxylation is 1. The fourth-order valence-corrected chi connectivity index (χ4v) is 2.80. The Morgan fingerprint density at radius 3 is 2.28 bits per heavy atom. The van der Waals surface area contributed by atoms with Crippen molar-refractivity contribution in [2.45, 2.75) is 24.0 Å². The van der Waals surface area contributed by atoms with E-state index in [4.69, 9.17) is 0 Å². The Bertz CT molecular complexity index is 534. The van der Waals surface area contributed by atoms with Gasteiger partial charge in [0.15, 0.2) is 5.78 Å². The first-order chi connectivity index (χ1) is 8.68. The Morgan fingerprint density at radius 2 is 1.61 bits per heavy atom. The first-order valence-electron chi connectivity index (χ1n) is 6.00. The molecule has 0 aliphatic carbocycles. The molecule has 0 saturated heterocycles. The molecule has 1 atom stereocenters. The van der Waals surface area contributed by atoms with Crippen LogP contribution < -0.4 is 0 Å². The molecule has 2 aromatic carbocycles. The van der Waals surface area contributed by atoms with Gasteiger partial charge >= 0.3 is 0 Å². The zero-order valence-electron chi connectivity index (χ0n) is 10.6. The summed E-state index contributed by atoms with van der Waals surface area (Å²) in [7, 11) is 0. The van der Waals surface area contributed by atoms with Gasteiger partial charge in [0, 0.05) is 10.5 Å². The maximum Gasteiger partial charge on any atom is 0.175 e. The van der Waals surface area contributed by atoms with Gasteiger partial charge in [-0.25, -0.2) is 0 Å². The number of thioether (sulfide) groups is 1. The molecule has 0 N–H and O–H groups in total. The Hall–Kier alpha value is -1.54. The highest BCUT2D eigenvalue weighted by Crippen LogP contribution is 2.28. The summed E-state index contributed by atoms with van der Waals surface area (Å²) in [5, 5.41) is -0.0616. The largest absolute Gasteiger partial charge is 0.293 e. The molecule has 1 unspecified atom stereocenters. The van der Waals surface area contributed by atoms with Crippen molar-refractivity contribution < 1.29 is 4.79 Å². The minimum Gasteiger partial charge on any atom is -0.293 e. The molecule has 0 radical (unpaired) electrons. The van der Waals surface area contributed by atoms with Gasteiger partial charge in [-0.1, -0.05) is 48.5 Å². The first kappa shape index (κ1) is 12.9. The zero-order valence-corrected chi connectivity index (χ0v) is 11.4. The van der Waals surface area contributed by atoms with Crippen molar-refractivity contribution in [3.8, 4) is 0 Å². The van der Waals surface area contributed by atoms with E-state index in [0.29, 0.717) is 0 Å². The standard InChI is InChI=1S/C16H16OS/c1-12-8-6-7-11-15(12)18-13(2)16(17)14-9-4-3-5-10-14/h3-11,13H,1-2H3. The molecule has 0 fully saturated rings. The fraction of sp³-hybridized carbons (Fsp3) is 0.188. The predicted molar refractivity (Wildman–Crippen MR) is 77.3 cm³/mol. The van der Waals surface area contributed by atoms with Crippen molar-refractivity contribution in [2.24, 2.45) is 0 Å². The van der Waals surface area contributed by atoms with Gasteiger partial charge in [0.2, 0.25) is 0 Å². The van der Waals surface area contributed by atoms with Crippen LogP contribution in [0.1, 0.15) is 22.8 Å². The van der Waals surface area contributed by atoms with Gasteiger partial charge < -0.3 is 0 Å². The van der Waals surface area contributed by atoms with E-state index in [2.05, 4.69) is 19.1 Å². The molecule has 0 aliphatic heterocycles. The highest BCUT2D eigenvalue weighted by atomic mass is 32.2. The number of hydrogen-bond donors (Lipinski definition) is 0. The van der Waals surface area contributed by atoms with Crippen molar-refractivity contribution in [1.82, 2.24) is 0 Å². The third-order valence-electron chi connectivity index (χ3n) is 2.82. The molecule has 0 spiro atoms. The molecule has 0 aliphatic rings. The number of rotatable bonds is 4. The van der Waals surface area contributed by atoms with Gasteiger partial charge in [-0.05, 0) is 25.5 Å². The van der Waals surface area contributed by atoms with Crippen molar-refractivity contribution in [3.05, 3.63) is 65.7 Å². The van der Waals surface area contributed by atoms with Crippen LogP contribution in [0.4, 0.5) is 0 Å². The van der Waals surface area contributed by atoms with E-state index in [-0.39, 0.29) is 11.0 Å². The van der Waals surface area contributed by atoms with E-state index in [1.54, 1.807) is 11.8 Å². The van der Waals surface area contributed by atoms with Gasteiger partial charge in [0.1, 0.15) is 0 Å². The number of carbonyl (C=O) groups excluding carboxylic acids is 1. The van der Waals surface area contributed by atoms with Crippen LogP contribution in [0.3, 0.4) is 0 Å². The predicted octanol–water partition coefficient (Wildman–Crippen LogP) is 4.36. The van der Waals surface area contributed by atoms with E-state index < -0.39 is 0 Å². The number of ketones is 1. The molecular weight excluding hydrogens is 240 g/mol. The van der Waals surface area contributed by atoms with Gasteiger partial charge in [0.05, 0.1) is 5.25 Å². The van der Waals surface area contributed by atoms with Crippen molar-refractivity contribution in [3.63, 3.8) is 0 Å². The summed E-state index contributed by atoms with van der Waals surface area (Å²) in [4.78, 5) is 13.4. The van der Waals surface area contributed by atoms with Crippen LogP contribution in [0.25, 0.3) is 0 Å². The zero-order chi connectivity index (χ0) is 13.0. The summed E-state index contributed by atoms with van der Waals surface area (Å²) in [5.74, 6) is 0.184. The van der Waals surface area contributed by atoms with Crippen molar-refractivity contribution in [2.75, 3.05) is 0 Å². The van der Waals surface area contributed by atoms with Crippen molar-refractivity contribution >= 4 is 17.5 Å². The second-order valence-corrected chi connectivity index (χ2v) is 5.64. The maximum absolute atomic E-state index is 12.2. The summed E-state index contributed by atoms with van der Waals surface area (Å²) in [6, 6.07) is 17.6. The van der Waals surface area contributed by atoms with E-state index in [9.17, 15) is 4.79 Å². The lowest BCUT2D eigenvalue weighted by Gasteiger charge is -2.12. The minimum atomic E-state index is -0.0616. The second-order valence-electron chi connectivity index (χ2n) is 4.26. The minimum absolute atomic E-state index is 0.0616. The smallest absolute Gasteiger partial charge is 0.175 e. The van der Waals surface area contributed by atoms with E-state index in [1.165, 1.54) is 10.5 Å². The SMILES string of the molecule is Cc1ccccc1SC(C)C(=O)c1ccccc1. The van der Waals surface area contributed by atoms with Crippen LogP contribution >= 0.6 is 11.8 Å². The van der Waals surface area contributed by atoms with Gasteiger partial charge in [-0.2, -0.15) is 0 Å². The lowest BCUT2D eigenvalue weighted by atomic mass is 10.1. The summed E-state index contributed by atoms with van der Waals surface area (Å²) in [5.41, 5.74) is 2.00. The van der Waals surface area contributed by atoms with Gasteiger partial charge in [0.25, 0.3) is 0 Å². The average Bonchev–Trinajstić information content (AvgIpc) is 2.41. The Kier molecular flexibility index (Phi) is 4.21. The third kappa shape index (κ3) is 3.02. The lowest BCUT2D eigenvalue weighted by Crippen LogP contribution is -2.13. The Morgan fingerprint density at radius 1 is 1.00 bits per heavy atom. The quantitative estimate of drug-likeness (QED) is 0.597. The van der Waals surface area contributed by atoms with E-state index >= 15 is 0 Å². The summed E-state index contributed by atoms with van der Waals surface area (Å²) in [6.45, 7) is 4.04. The Balaban J connectivity index is 2.11. The van der Waals surface area contributed by atoms with Crippen LogP contribution in [0.5, 0.6) is 0 Å². The maximum atomic E-state index is 12.2. The molecule has 1 nitrogen and oxygen atoms in total. The molecule has 2 aromatic rings. The molecule has 0 bridgehead atoms. The highest BCUT2D eigenvalue weighted by Gasteiger charge is 2.16. The monoisotopic (exact) mass is 256 g/mol. The fourth-order valence-electron chi connectivity index (χ4n) is 1.77. The number of carbonyl (C=O) groups is 1. The molecule has 92 valence electrons. The van der Waals surface area contributed by atoms with Crippen LogP contribution in [0.2, 0.25) is 0 Å². The summed E-state index contributed by atoms with van der Waals surface area (Å²) < 4.78 is 0. The normalized spacial score (nSPS) is 12.1. The second kappa shape index (κ2) is 5.87. The third-order valence-corrected chi connectivity index (χ3v) is 4.10. The first-order valence-corrected chi connectivity index (χ1v) is 6.88. The summed E-state index contributed by atoms with van der Waals surface area (Å²) >= 11 is 1.62. The number of benzene rings is 2.